The van der Waals surface area contributed by atoms with E-state index >= 15 is 0 Å². The van der Waals surface area contributed by atoms with Crippen LogP contribution in [0.4, 0.5) is 0 Å². The van der Waals surface area contributed by atoms with Gasteiger partial charge in [0.05, 0.1) is 6.54 Å². The maximum atomic E-state index is 11.5. The largest absolute Gasteiger partial charge is 0.285 e. The Morgan fingerprint density at radius 2 is 2.46 bits per heavy atom. The highest BCUT2D eigenvalue weighted by Gasteiger charge is 2.05. The van der Waals surface area contributed by atoms with Gasteiger partial charge < -0.3 is 0 Å². The monoisotopic (exact) mass is 175 g/mol. The van der Waals surface area contributed by atoms with Gasteiger partial charge in [-0.1, -0.05) is 5.92 Å². The zero-order valence-corrected chi connectivity index (χ0v) is 6.56. The molecule has 0 aliphatic rings. The summed E-state index contributed by atoms with van der Waals surface area (Å²) in [7, 11) is 0. The molecule has 2 aromatic heterocycles. The fourth-order valence-electron chi connectivity index (χ4n) is 0.983. The number of terminal acetylenes is 1. The van der Waals surface area contributed by atoms with Gasteiger partial charge in [0, 0.05) is 0 Å². The number of fused-ring (bicyclic) bond motifs is 1. The minimum absolute atomic E-state index is 0.189. The molecule has 0 fully saturated rings. The van der Waals surface area contributed by atoms with Gasteiger partial charge >= 0.3 is 0 Å². The molecule has 0 atom stereocenters. The number of nitrogens with one attached hydrogen (secondary N) is 1. The highest BCUT2D eigenvalue weighted by Crippen LogP contribution is 1.94. The van der Waals surface area contributed by atoms with Gasteiger partial charge in [-0.05, 0) is 0 Å². The first-order valence-electron chi connectivity index (χ1n) is 3.52. The predicted molar refractivity (Wildman–Crippen MR) is 44.8 cm³/mol. The molecule has 6 heteroatoms. The Bertz CT molecular complexity index is 532. The zero-order valence-electron chi connectivity index (χ0n) is 6.56. The molecule has 0 unspecified atom stereocenters. The quantitative estimate of drug-likeness (QED) is 0.572. The fraction of sp³-hybridized carbons (Fsp3) is 0.143. The number of aromatic nitrogens is 5. The number of aromatic amines is 1. The van der Waals surface area contributed by atoms with E-state index in [0.717, 1.165) is 0 Å². The second-order valence-corrected chi connectivity index (χ2v) is 2.38. The lowest BCUT2D eigenvalue weighted by Gasteiger charge is -1.96. The molecule has 0 saturated carbocycles. The number of hydrogen-bond acceptors (Lipinski definition) is 4. The molecular formula is C7H5N5O. The lowest BCUT2D eigenvalue weighted by atomic mass is 10.5. The van der Waals surface area contributed by atoms with Crippen molar-refractivity contribution in [1.29, 1.82) is 0 Å². The highest BCUT2D eigenvalue weighted by atomic mass is 16.1. The highest BCUT2D eigenvalue weighted by molar-refractivity contribution is 5.66. The first kappa shape index (κ1) is 7.49. The minimum Gasteiger partial charge on any atom is -0.285 e. The van der Waals surface area contributed by atoms with Crippen molar-refractivity contribution in [2.75, 3.05) is 0 Å². The zero-order chi connectivity index (χ0) is 9.26. The van der Waals surface area contributed by atoms with Gasteiger partial charge in [-0.2, -0.15) is 5.21 Å². The topological polar surface area (TPSA) is 76.5 Å². The average molecular weight is 175 g/mol. The average Bonchev–Trinajstić information content (AvgIpc) is 2.58. The molecule has 0 saturated heterocycles. The summed E-state index contributed by atoms with van der Waals surface area (Å²) in [6.07, 6.45) is 6.42. The van der Waals surface area contributed by atoms with Crippen molar-refractivity contribution in [3.63, 3.8) is 0 Å². The van der Waals surface area contributed by atoms with Crippen LogP contribution in [0.2, 0.25) is 0 Å². The van der Waals surface area contributed by atoms with Crippen molar-refractivity contribution in [1.82, 2.24) is 25.0 Å². The molecular weight excluding hydrogens is 170 g/mol. The van der Waals surface area contributed by atoms with Crippen molar-refractivity contribution < 1.29 is 0 Å². The molecule has 0 aromatic carbocycles. The van der Waals surface area contributed by atoms with E-state index in [-0.39, 0.29) is 17.6 Å². The smallest absolute Gasteiger partial charge is 0.284 e. The summed E-state index contributed by atoms with van der Waals surface area (Å²) < 4.78 is 1.30. The van der Waals surface area contributed by atoms with Crippen molar-refractivity contribution in [2.24, 2.45) is 0 Å². The van der Waals surface area contributed by atoms with Crippen LogP contribution in [-0.4, -0.2) is 25.0 Å². The Hall–Kier alpha value is -2.16. The second kappa shape index (κ2) is 2.71. The molecule has 0 aliphatic carbocycles. The standard InChI is InChI=1S/C7H5N5O/c1-2-3-12-4-8-6-5(7(12)13)9-11-10-6/h1,4H,3H2,(H,9,10,11). The summed E-state index contributed by atoms with van der Waals surface area (Å²) in [6, 6.07) is 0. The van der Waals surface area contributed by atoms with Gasteiger partial charge in [0.25, 0.3) is 5.56 Å². The van der Waals surface area contributed by atoms with Crippen LogP contribution >= 0.6 is 0 Å². The van der Waals surface area contributed by atoms with E-state index in [1.807, 2.05) is 0 Å². The lowest BCUT2D eigenvalue weighted by molar-refractivity contribution is 0.780. The minimum atomic E-state index is -0.281. The van der Waals surface area contributed by atoms with Crippen molar-refractivity contribution in [2.45, 2.75) is 6.54 Å². The van der Waals surface area contributed by atoms with E-state index in [9.17, 15) is 4.79 Å². The number of rotatable bonds is 1. The molecule has 0 amide bonds. The molecule has 2 heterocycles. The first-order valence-corrected chi connectivity index (χ1v) is 3.52. The van der Waals surface area contributed by atoms with Gasteiger partial charge in [0.15, 0.2) is 5.52 Å². The molecule has 13 heavy (non-hydrogen) atoms. The Morgan fingerprint density at radius 1 is 1.62 bits per heavy atom. The van der Waals surface area contributed by atoms with E-state index < -0.39 is 0 Å². The van der Waals surface area contributed by atoms with Crippen LogP contribution in [0.3, 0.4) is 0 Å². The van der Waals surface area contributed by atoms with Gasteiger partial charge in [-0.15, -0.1) is 16.6 Å². The van der Waals surface area contributed by atoms with Gasteiger partial charge in [-0.3, -0.25) is 9.36 Å². The van der Waals surface area contributed by atoms with Crippen LogP contribution in [0.5, 0.6) is 0 Å². The number of H-pyrrole nitrogens is 1. The molecule has 0 radical (unpaired) electrons. The van der Waals surface area contributed by atoms with E-state index in [4.69, 9.17) is 6.42 Å². The fourth-order valence-corrected chi connectivity index (χ4v) is 0.983. The van der Waals surface area contributed by atoms with E-state index in [0.29, 0.717) is 5.65 Å². The summed E-state index contributed by atoms with van der Waals surface area (Å²) in [4.78, 5) is 15.4. The molecule has 64 valence electrons. The normalized spacial score (nSPS) is 10.1. The van der Waals surface area contributed by atoms with Crippen molar-refractivity contribution in [3.05, 3.63) is 16.7 Å². The Morgan fingerprint density at radius 3 is 3.23 bits per heavy atom. The summed E-state index contributed by atoms with van der Waals surface area (Å²) in [5.41, 5.74) is 0.229. The van der Waals surface area contributed by atoms with E-state index in [1.165, 1.54) is 10.9 Å². The molecule has 0 spiro atoms. The third kappa shape index (κ3) is 1.06. The second-order valence-electron chi connectivity index (χ2n) is 2.38. The number of nitrogens with zero attached hydrogens (tertiary/aromatic N) is 4. The number of hydrogen-bond donors (Lipinski definition) is 1. The molecule has 0 bridgehead atoms. The molecule has 6 nitrogen and oxygen atoms in total. The maximum Gasteiger partial charge on any atom is 0.284 e. The van der Waals surface area contributed by atoms with Gasteiger partial charge in [0.2, 0.25) is 5.65 Å². The Labute approximate surface area is 72.6 Å². The van der Waals surface area contributed by atoms with Crippen LogP contribution in [-0.2, 0) is 6.54 Å². The van der Waals surface area contributed by atoms with Crippen molar-refractivity contribution >= 4 is 11.2 Å². The Kier molecular flexibility index (Phi) is 1.56. The van der Waals surface area contributed by atoms with Crippen molar-refractivity contribution in [3.8, 4) is 12.3 Å². The Balaban J connectivity index is 2.75. The summed E-state index contributed by atoms with van der Waals surface area (Å²) >= 11 is 0. The van der Waals surface area contributed by atoms with Crippen LogP contribution in [0.1, 0.15) is 0 Å². The van der Waals surface area contributed by atoms with Crippen LogP contribution in [0.15, 0.2) is 11.1 Å². The van der Waals surface area contributed by atoms with E-state index in [2.05, 4.69) is 26.3 Å². The van der Waals surface area contributed by atoms with Crippen LogP contribution in [0, 0.1) is 12.3 Å². The lowest BCUT2D eigenvalue weighted by Crippen LogP contribution is -2.20. The van der Waals surface area contributed by atoms with Gasteiger partial charge in [0.1, 0.15) is 6.33 Å². The van der Waals surface area contributed by atoms with Crippen LogP contribution in [0.25, 0.3) is 11.2 Å². The molecule has 1 N–H and O–H groups in total. The first-order chi connectivity index (χ1) is 6.33. The summed E-state index contributed by atoms with van der Waals surface area (Å²) in [5, 5.41) is 9.65. The molecule has 2 rings (SSSR count). The summed E-state index contributed by atoms with van der Waals surface area (Å²) in [5.74, 6) is 2.35. The van der Waals surface area contributed by atoms with E-state index in [1.54, 1.807) is 0 Å². The predicted octanol–water partition coefficient (Wildman–Crippen LogP) is -0.852. The third-order valence-corrected chi connectivity index (χ3v) is 1.57. The third-order valence-electron chi connectivity index (χ3n) is 1.57. The molecule has 2 aromatic rings. The van der Waals surface area contributed by atoms with Gasteiger partial charge in [-0.25, -0.2) is 4.98 Å². The van der Waals surface area contributed by atoms with Crippen LogP contribution < -0.4 is 5.56 Å². The SMILES string of the molecule is C#CCn1cnc2n[nH]nc2c1=O. The molecule has 0 aliphatic heterocycles. The maximum absolute atomic E-state index is 11.5. The summed E-state index contributed by atoms with van der Waals surface area (Å²) in [6.45, 7) is 0.189.